The van der Waals surface area contributed by atoms with Crippen LogP contribution in [0.1, 0.15) is 86.9 Å². The first kappa shape index (κ1) is 32.2. The van der Waals surface area contributed by atoms with E-state index in [0.717, 1.165) is 46.1 Å². The highest BCUT2D eigenvalue weighted by atomic mass is 35.5. The molecular weight excluding hydrogens is 676 g/mol. The van der Waals surface area contributed by atoms with Crippen molar-refractivity contribution >= 4 is 73.4 Å². The molecule has 4 amide bonds. The van der Waals surface area contributed by atoms with Crippen molar-refractivity contribution in [3.8, 4) is 5.69 Å². The Kier molecular flexibility index (Phi) is 7.46. The van der Waals surface area contributed by atoms with Crippen LogP contribution in [0.5, 0.6) is 0 Å². The molecule has 0 unspecified atom stereocenters. The van der Waals surface area contributed by atoms with Crippen LogP contribution < -0.4 is 27.1 Å². The van der Waals surface area contributed by atoms with Crippen molar-refractivity contribution in [1.82, 2.24) is 13.6 Å². The molecule has 8 rings (SSSR count). The molecule has 0 fully saturated rings. The van der Waals surface area contributed by atoms with Crippen LogP contribution in [0, 0.1) is 0 Å². The standard InChI is InChI=1S/C38H27ClN4O8/c1-2-3-4-5-6-7-15-40-31(44)25-17-27-28(18-26(25)32(40)45)36(49)42(35(27)48)20-10-8-9-19(16-20)41-33(46)21-11-13-23-30-24(38(51)43(39)37(23)50)14-12-22(29(21)30)34(41)47/h8-14,16-18H,2-7,15H2,1H3. The minimum atomic E-state index is -0.779. The highest BCUT2D eigenvalue weighted by Gasteiger charge is 2.40. The van der Waals surface area contributed by atoms with E-state index < -0.39 is 45.9 Å². The number of hydrogen-bond donors (Lipinski definition) is 0. The molecule has 0 N–H and O–H groups in total. The Morgan fingerprint density at radius 1 is 0.510 bits per heavy atom. The molecule has 254 valence electrons. The summed E-state index contributed by atoms with van der Waals surface area (Å²) in [4.78, 5) is 108. The van der Waals surface area contributed by atoms with E-state index in [-0.39, 0.29) is 72.5 Å². The number of nitrogens with zero attached hydrogens (tertiary/aromatic N) is 4. The molecule has 0 bridgehead atoms. The van der Waals surface area contributed by atoms with Gasteiger partial charge in [0.2, 0.25) is 0 Å². The highest BCUT2D eigenvalue weighted by Crippen LogP contribution is 2.39. The smallest absolute Gasteiger partial charge is 0.274 e. The molecule has 2 aliphatic rings. The Morgan fingerprint density at radius 3 is 1.49 bits per heavy atom. The second-order valence-corrected chi connectivity index (χ2v) is 13.2. The molecule has 6 aromatic rings. The molecule has 0 saturated carbocycles. The van der Waals surface area contributed by atoms with Gasteiger partial charge in [0.1, 0.15) is 0 Å². The zero-order valence-corrected chi connectivity index (χ0v) is 27.9. The summed E-state index contributed by atoms with van der Waals surface area (Å²) in [6, 6.07) is 13.8. The number of anilines is 1. The second-order valence-electron chi connectivity index (χ2n) is 12.8. The highest BCUT2D eigenvalue weighted by molar-refractivity contribution is 6.43. The number of amides is 4. The third-order valence-corrected chi connectivity index (χ3v) is 10.2. The van der Waals surface area contributed by atoms with E-state index in [1.165, 1.54) is 60.7 Å². The molecule has 2 aliphatic heterocycles. The zero-order valence-electron chi connectivity index (χ0n) is 27.2. The Balaban J connectivity index is 1.17. The predicted octanol–water partition coefficient (Wildman–Crippen LogP) is 4.97. The third kappa shape index (κ3) is 4.59. The lowest BCUT2D eigenvalue weighted by Gasteiger charge is -2.30. The van der Waals surface area contributed by atoms with Crippen LogP contribution in [-0.2, 0) is 6.54 Å². The Labute approximate surface area is 292 Å². The number of rotatable bonds is 9. The molecule has 0 aliphatic carbocycles. The molecule has 2 aromatic heterocycles. The van der Waals surface area contributed by atoms with Gasteiger partial charge >= 0.3 is 0 Å². The largest absolute Gasteiger partial charge is 0.276 e. The lowest BCUT2D eigenvalue weighted by Crippen LogP contribution is -2.41. The number of imide groups is 2. The molecule has 0 saturated heterocycles. The van der Waals surface area contributed by atoms with Crippen molar-refractivity contribution in [1.29, 1.82) is 0 Å². The van der Waals surface area contributed by atoms with Crippen molar-refractivity contribution in [2.75, 3.05) is 4.90 Å². The summed E-state index contributed by atoms with van der Waals surface area (Å²) in [7, 11) is 0. The fraction of sp³-hybridized carbons (Fsp3) is 0.211. The topological polar surface area (TPSA) is 153 Å². The van der Waals surface area contributed by atoms with Gasteiger partial charge < -0.3 is 0 Å². The van der Waals surface area contributed by atoms with Gasteiger partial charge in [-0.15, -0.1) is 0 Å². The molecule has 13 heteroatoms. The average Bonchev–Trinajstić information content (AvgIpc) is 3.52. The summed E-state index contributed by atoms with van der Waals surface area (Å²) < 4.78 is 2.49. The van der Waals surface area contributed by atoms with Gasteiger partial charge in [-0.3, -0.25) is 42.9 Å². The summed E-state index contributed by atoms with van der Waals surface area (Å²) in [5.74, 6) is -3.05. The fourth-order valence-corrected chi connectivity index (χ4v) is 7.54. The number of carbonyl (C=O) groups is 4. The van der Waals surface area contributed by atoms with E-state index in [9.17, 15) is 38.4 Å². The molecule has 12 nitrogen and oxygen atoms in total. The summed E-state index contributed by atoms with van der Waals surface area (Å²) in [6.07, 6.45) is 5.88. The predicted molar refractivity (Wildman–Crippen MR) is 191 cm³/mol. The fourth-order valence-electron chi connectivity index (χ4n) is 7.36. The number of benzene rings is 4. The van der Waals surface area contributed by atoms with E-state index in [4.69, 9.17) is 11.8 Å². The number of halogens is 1. The van der Waals surface area contributed by atoms with Crippen LogP contribution in [0.4, 0.5) is 5.69 Å². The second kappa shape index (κ2) is 11.8. The first-order valence-corrected chi connectivity index (χ1v) is 16.9. The van der Waals surface area contributed by atoms with Crippen molar-refractivity contribution in [3.05, 3.63) is 124 Å². The van der Waals surface area contributed by atoms with E-state index >= 15 is 0 Å². The number of fused-ring (bicyclic) bond motifs is 2. The lowest BCUT2D eigenvalue weighted by atomic mass is 9.86. The number of hydrogen-bond acceptors (Lipinski definition) is 8. The number of unbranched alkanes of at least 4 members (excludes halogenated alkanes) is 5. The SMILES string of the molecule is CCCCCCCCn1c(=O)c2cc3c(=O)n(-c4cccc(N5C(=O)c6ccc7c8c(ccc(c68)C5=O)C(=O)N(Cl)C7=O)c4)c(=O)c3cc2c1=O. The van der Waals surface area contributed by atoms with Crippen LogP contribution in [0.25, 0.3) is 38.0 Å². The van der Waals surface area contributed by atoms with Crippen LogP contribution in [0.2, 0.25) is 0 Å². The lowest BCUT2D eigenvalue weighted by molar-refractivity contribution is 0.0725. The quantitative estimate of drug-likeness (QED) is 0.116. The molecule has 0 atom stereocenters. The summed E-state index contributed by atoms with van der Waals surface area (Å²) in [6.45, 7) is 2.38. The third-order valence-electron chi connectivity index (χ3n) is 9.90. The molecule has 51 heavy (non-hydrogen) atoms. The van der Waals surface area contributed by atoms with Gasteiger partial charge in [0.05, 0.1) is 32.9 Å². The van der Waals surface area contributed by atoms with Gasteiger partial charge in [0, 0.05) is 51.3 Å². The normalized spacial score (nSPS) is 14.2. The van der Waals surface area contributed by atoms with E-state index in [1.807, 2.05) is 0 Å². The summed E-state index contributed by atoms with van der Waals surface area (Å²) >= 11 is 5.92. The van der Waals surface area contributed by atoms with Crippen LogP contribution in [0.15, 0.2) is 79.8 Å². The Hall–Kier alpha value is -6.01. The summed E-state index contributed by atoms with van der Waals surface area (Å²) in [5, 5.41) is 0.364. The van der Waals surface area contributed by atoms with Gasteiger partial charge in [-0.2, -0.15) is 4.42 Å². The molecular formula is C38H27ClN4O8. The molecule has 4 aromatic carbocycles. The minimum absolute atomic E-state index is 0.0369. The monoisotopic (exact) mass is 702 g/mol. The summed E-state index contributed by atoms with van der Waals surface area (Å²) in [5.41, 5.74) is -2.10. The molecule has 0 spiro atoms. The maximum atomic E-state index is 13.9. The van der Waals surface area contributed by atoms with Crippen molar-refractivity contribution < 1.29 is 19.2 Å². The van der Waals surface area contributed by atoms with Gasteiger partial charge in [-0.25, -0.2) is 9.47 Å². The van der Waals surface area contributed by atoms with Crippen LogP contribution in [0.3, 0.4) is 0 Å². The number of carbonyl (C=O) groups excluding carboxylic acids is 4. The maximum absolute atomic E-state index is 13.9. The molecule has 4 heterocycles. The van der Waals surface area contributed by atoms with Crippen molar-refractivity contribution in [3.63, 3.8) is 0 Å². The van der Waals surface area contributed by atoms with E-state index in [0.29, 0.717) is 10.8 Å². The van der Waals surface area contributed by atoms with Gasteiger partial charge in [-0.1, -0.05) is 45.1 Å². The Bertz CT molecular complexity index is 2640. The maximum Gasteiger partial charge on any atom is 0.276 e. The van der Waals surface area contributed by atoms with Gasteiger partial charge in [0.25, 0.3) is 45.9 Å². The first-order valence-electron chi connectivity index (χ1n) is 16.6. The zero-order chi connectivity index (χ0) is 35.9. The molecule has 0 radical (unpaired) electrons. The van der Waals surface area contributed by atoms with E-state index in [2.05, 4.69) is 6.92 Å². The Morgan fingerprint density at radius 2 is 0.961 bits per heavy atom. The average molecular weight is 703 g/mol. The number of aromatic nitrogens is 2. The van der Waals surface area contributed by atoms with Crippen LogP contribution in [-0.4, -0.2) is 37.2 Å². The van der Waals surface area contributed by atoms with Crippen molar-refractivity contribution in [2.45, 2.75) is 52.0 Å². The van der Waals surface area contributed by atoms with E-state index in [1.54, 1.807) is 0 Å². The first-order chi connectivity index (χ1) is 24.5. The minimum Gasteiger partial charge on any atom is -0.274 e. The van der Waals surface area contributed by atoms with Gasteiger partial charge in [-0.05, 0) is 61.0 Å². The van der Waals surface area contributed by atoms with Gasteiger partial charge in [0.15, 0.2) is 0 Å². The van der Waals surface area contributed by atoms with Crippen LogP contribution >= 0.6 is 11.8 Å². The van der Waals surface area contributed by atoms with Crippen molar-refractivity contribution in [2.24, 2.45) is 0 Å².